The largest absolute Gasteiger partial charge is 0.466 e. The van der Waals surface area contributed by atoms with Gasteiger partial charge in [-0.3, -0.25) is 4.79 Å². The fourth-order valence-electron chi connectivity index (χ4n) is 1.75. The van der Waals surface area contributed by atoms with Crippen molar-refractivity contribution in [2.45, 2.75) is 44.3 Å². The van der Waals surface area contributed by atoms with E-state index in [1.807, 2.05) is 6.92 Å². The maximum Gasteiger partial charge on any atom is 0.310 e. The normalized spacial score (nSPS) is 11.6. The van der Waals surface area contributed by atoms with Crippen molar-refractivity contribution in [1.82, 2.24) is 0 Å². The van der Waals surface area contributed by atoms with Gasteiger partial charge in [-0.05, 0) is 39.3 Å². The SMILES string of the molecule is CCOC(=O)Cc1cc(C)ccc1S(=O)(=O)C(C)C. The highest BCUT2D eigenvalue weighted by Crippen LogP contribution is 2.22. The van der Waals surface area contributed by atoms with Gasteiger partial charge in [-0.1, -0.05) is 17.7 Å². The Morgan fingerprint density at radius 3 is 2.47 bits per heavy atom. The van der Waals surface area contributed by atoms with Gasteiger partial charge in [0.25, 0.3) is 0 Å². The third-order valence-electron chi connectivity index (χ3n) is 2.78. The Labute approximate surface area is 114 Å². The van der Waals surface area contributed by atoms with Crippen molar-refractivity contribution < 1.29 is 17.9 Å². The molecule has 0 fully saturated rings. The lowest BCUT2D eigenvalue weighted by Gasteiger charge is -2.13. The van der Waals surface area contributed by atoms with Crippen LogP contribution in [0.25, 0.3) is 0 Å². The van der Waals surface area contributed by atoms with Gasteiger partial charge in [0, 0.05) is 0 Å². The molecule has 1 rings (SSSR count). The molecule has 0 radical (unpaired) electrons. The fraction of sp³-hybridized carbons (Fsp3) is 0.500. The Kier molecular flexibility index (Phi) is 5.11. The molecule has 0 atom stereocenters. The summed E-state index contributed by atoms with van der Waals surface area (Å²) in [5.74, 6) is -0.409. The Balaban J connectivity index is 3.23. The fourth-order valence-corrected chi connectivity index (χ4v) is 3.01. The molecular formula is C14H20O4S. The number of sulfone groups is 1. The zero-order chi connectivity index (χ0) is 14.6. The van der Waals surface area contributed by atoms with Gasteiger partial charge in [0.05, 0.1) is 23.2 Å². The standard InChI is InChI=1S/C14H20O4S/c1-5-18-14(15)9-12-8-11(4)6-7-13(12)19(16,17)10(2)3/h6-8,10H,5,9H2,1-4H3. The molecule has 0 aliphatic carbocycles. The van der Waals surface area contributed by atoms with E-state index in [0.29, 0.717) is 5.56 Å². The lowest BCUT2D eigenvalue weighted by molar-refractivity contribution is -0.142. The minimum absolute atomic E-state index is 0.0171. The molecule has 0 aromatic heterocycles. The van der Waals surface area contributed by atoms with Gasteiger partial charge < -0.3 is 4.74 Å². The van der Waals surface area contributed by atoms with Gasteiger partial charge in [0.2, 0.25) is 0 Å². The molecule has 19 heavy (non-hydrogen) atoms. The Morgan fingerprint density at radius 2 is 1.95 bits per heavy atom. The zero-order valence-corrected chi connectivity index (χ0v) is 12.6. The van der Waals surface area contributed by atoms with Gasteiger partial charge in [-0.15, -0.1) is 0 Å². The minimum atomic E-state index is -3.39. The van der Waals surface area contributed by atoms with Crippen LogP contribution in [-0.4, -0.2) is 26.2 Å². The van der Waals surface area contributed by atoms with Crippen LogP contribution >= 0.6 is 0 Å². The molecule has 0 N–H and O–H groups in total. The highest BCUT2D eigenvalue weighted by atomic mass is 32.2. The van der Waals surface area contributed by atoms with E-state index in [9.17, 15) is 13.2 Å². The summed E-state index contributed by atoms with van der Waals surface area (Å²) in [5.41, 5.74) is 1.43. The molecule has 5 heteroatoms. The first kappa shape index (κ1) is 15.7. The third-order valence-corrected chi connectivity index (χ3v) is 5.04. The summed E-state index contributed by atoms with van der Waals surface area (Å²) in [6, 6.07) is 5.04. The first-order valence-corrected chi connectivity index (χ1v) is 7.82. The predicted octanol–water partition coefficient (Wildman–Crippen LogP) is 2.28. The van der Waals surface area contributed by atoms with Crippen LogP contribution in [0.3, 0.4) is 0 Å². The summed E-state index contributed by atoms with van der Waals surface area (Å²) in [6.07, 6.45) is -0.0171. The van der Waals surface area contributed by atoms with E-state index in [1.165, 1.54) is 0 Å². The van der Waals surface area contributed by atoms with Gasteiger partial charge in [0.1, 0.15) is 0 Å². The summed E-state index contributed by atoms with van der Waals surface area (Å²) in [7, 11) is -3.39. The van der Waals surface area contributed by atoms with E-state index in [-0.39, 0.29) is 17.9 Å². The van der Waals surface area contributed by atoms with Crippen LogP contribution in [0.1, 0.15) is 31.9 Å². The number of aryl methyl sites for hydroxylation is 1. The molecule has 0 bridgehead atoms. The molecule has 0 amide bonds. The van der Waals surface area contributed by atoms with E-state index in [2.05, 4.69) is 0 Å². The second-order valence-electron chi connectivity index (χ2n) is 4.69. The zero-order valence-electron chi connectivity index (χ0n) is 11.8. The van der Waals surface area contributed by atoms with Crippen molar-refractivity contribution in [3.63, 3.8) is 0 Å². The average Bonchev–Trinajstić information content (AvgIpc) is 2.28. The molecule has 0 saturated heterocycles. The van der Waals surface area contributed by atoms with Crippen molar-refractivity contribution in [2.24, 2.45) is 0 Å². The van der Waals surface area contributed by atoms with Crippen molar-refractivity contribution in [2.75, 3.05) is 6.61 Å². The number of hydrogen-bond donors (Lipinski definition) is 0. The maximum absolute atomic E-state index is 12.3. The summed E-state index contributed by atoms with van der Waals surface area (Å²) >= 11 is 0. The van der Waals surface area contributed by atoms with Crippen molar-refractivity contribution in [3.05, 3.63) is 29.3 Å². The van der Waals surface area contributed by atoms with Crippen LogP contribution in [0.15, 0.2) is 23.1 Å². The van der Waals surface area contributed by atoms with E-state index >= 15 is 0 Å². The monoisotopic (exact) mass is 284 g/mol. The van der Waals surface area contributed by atoms with Crippen LogP contribution < -0.4 is 0 Å². The van der Waals surface area contributed by atoms with Gasteiger partial charge in [-0.2, -0.15) is 0 Å². The summed E-state index contributed by atoms with van der Waals surface area (Å²) in [4.78, 5) is 11.8. The Bertz CT molecular complexity index is 559. The summed E-state index contributed by atoms with van der Waals surface area (Å²) in [6.45, 7) is 7.13. The van der Waals surface area contributed by atoms with E-state index in [1.54, 1.807) is 39.0 Å². The average molecular weight is 284 g/mol. The van der Waals surface area contributed by atoms with Crippen molar-refractivity contribution in [1.29, 1.82) is 0 Å². The lowest BCUT2D eigenvalue weighted by Crippen LogP contribution is -2.18. The number of rotatable bonds is 5. The molecule has 4 nitrogen and oxygen atoms in total. The van der Waals surface area contributed by atoms with Crippen molar-refractivity contribution >= 4 is 15.8 Å². The molecule has 0 aliphatic heterocycles. The summed E-state index contributed by atoms with van der Waals surface area (Å²) in [5, 5.41) is -0.517. The molecule has 0 heterocycles. The van der Waals surface area contributed by atoms with Crippen LogP contribution in [0.4, 0.5) is 0 Å². The van der Waals surface area contributed by atoms with Gasteiger partial charge in [0.15, 0.2) is 9.84 Å². The molecular weight excluding hydrogens is 264 g/mol. The van der Waals surface area contributed by atoms with Gasteiger partial charge >= 0.3 is 5.97 Å². The second-order valence-corrected chi connectivity index (χ2v) is 7.16. The van der Waals surface area contributed by atoms with Gasteiger partial charge in [-0.25, -0.2) is 8.42 Å². The van der Waals surface area contributed by atoms with E-state index in [0.717, 1.165) is 5.56 Å². The minimum Gasteiger partial charge on any atom is -0.466 e. The molecule has 1 aromatic rings. The van der Waals surface area contributed by atoms with E-state index in [4.69, 9.17) is 4.74 Å². The number of carbonyl (C=O) groups excluding carboxylic acids is 1. The highest BCUT2D eigenvalue weighted by molar-refractivity contribution is 7.92. The quantitative estimate of drug-likeness (QED) is 0.778. The van der Waals surface area contributed by atoms with Crippen LogP contribution in [0.2, 0.25) is 0 Å². The maximum atomic E-state index is 12.3. The first-order valence-electron chi connectivity index (χ1n) is 6.28. The molecule has 106 valence electrons. The van der Waals surface area contributed by atoms with Crippen LogP contribution in [0.5, 0.6) is 0 Å². The molecule has 0 aliphatic rings. The van der Waals surface area contributed by atoms with E-state index < -0.39 is 21.1 Å². The third kappa shape index (κ3) is 3.80. The molecule has 0 saturated carbocycles. The number of ether oxygens (including phenoxy) is 1. The Morgan fingerprint density at radius 1 is 1.32 bits per heavy atom. The summed E-state index contributed by atoms with van der Waals surface area (Å²) < 4.78 is 29.4. The molecule has 1 aromatic carbocycles. The number of hydrogen-bond acceptors (Lipinski definition) is 4. The van der Waals surface area contributed by atoms with Crippen LogP contribution in [0, 0.1) is 6.92 Å². The predicted molar refractivity (Wildman–Crippen MR) is 73.8 cm³/mol. The highest BCUT2D eigenvalue weighted by Gasteiger charge is 2.23. The van der Waals surface area contributed by atoms with Crippen molar-refractivity contribution in [3.8, 4) is 0 Å². The first-order chi connectivity index (χ1) is 8.78. The Hall–Kier alpha value is -1.36. The van der Waals surface area contributed by atoms with Crippen LogP contribution in [-0.2, 0) is 25.8 Å². The molecule has 0 spiro atoms. The number of carbonyl (C=O) groups is 1. The number of esters is 1. The smallest absolute Gasteiger partial charge is 0.310 e. The molecule has 0 unspecified atom stereocenters. The topological polar surface area (TPSA) is 60.4 Å². The second kappa shape index (κ2) is 6.19. The lowest BCUT2D eigenvalue weighted by atomic mass is 10.1. The number of benzene rings is 1.